The maximum Gasteiger partial charge on any atom is 0.245 e. The number of nitrogens with zero attached hydrogens (tertiary/aromatic N) is 5. The van der Waals surface area contributed by atoms with Crippen molar-refractivity contribution in [3.05, 3.63) is 23.0 Å². The lowest BCUT2D eigenvalue weighted by Gasteiger charge is -2.32. The summed E-state index contributed by atoms with van der Waals surface area (Å²) in [5, 5.41) is 11.1. The third-order valence-electron chi connectivity index (χ3n) is 7.02. The molecule has 2 aromatic rings. The first-order valence-corrected chi connectivity index (χ1v) is 12.2. The number of hydrogen-bond donors (Lipinski definition) is 2. The van der Waals surface area contributed by atoms with Crippen LogP contribution in [0.25, 0.3) is 0 Å². The second-order valence-corrected chi connectivity index (χ2v) is 10.4. The Kier molecular flexibility index (Phi) is 5.55. The van der Waals surface area contributed by atoms with Gasteiger partial charge < -0.3 is 15.1 Å². The highest BCUT2D eigenvalue weighted by molar-refractivity contribution is 5.85. The van der Waals surface area contributed by atoms with E-state index in [4.69, 9.17) is 9.97 Å². The second-order valence-electron chi connectivity index (χ2n) is 10.4. The third-order valence-corrected chi connectivity index (χ3v) is 7.02. The molecule has 32 heavy (non-hydrogen) atoms. The fraction of sp³-hybridized carbons (Fsp3) is 0.667. The molecule has 8 heteroatoms. The molecule has 2 aromatic heterocycles. The average Bonchev–Trinajstić information content (AvgIpc) is 3.53. The first-order chi connectivity index (χ1) is 15.4. The van der Waals surface area contributed by atoms with Crippen LogP contribution in [0.15, 0.2) is 6.07 Å². The standard InChI is InChI=1S/C24H35N7O/c1-24(2,3)19-15-20(29-28-19)26-21-16-9-7-10-17(16)25-23(27-21)31-14-8-11-18(31)22(32)30-12-5-4-6-13-30/h15,18H,4-14H2,1-3H3,(H2,25,26,27,28,29)/t18-/m0/s1. The molecule has 2 saturated heterocycles. The lowest BCUT2D eigenvalue weighted by Crippen LogP contribution is -2.48. The van der Waals surface area contributed by atoms with Crippen molar-refractivity contribution >= 4 is 23.5 Å². The van der Waals surface area contributed by atoms with Crippen molar-refractivity contribution in [3.8, 4) is 0 Å². The minimum Gasteiger partial charge on any atom is -0.341 e. The van der Waals surface area contributed by atoms with Crippen LogP contribution in [0.3, 0.4) is 0 Å². The van der Waals surface area contributed by atoms with Gasteiger partial charge in [0.25, 0.3) is 0 Å². The minimum atomic E-state index is -0.140. The summed E-state index contributed by atoms with van der Waals surface area (Å²) < 4.78 is 0. The Morgan fingerprint density at radius 1 is 1.06 bits per heavy atom. The van der Waals surface area contributed by atoms with E-state index in [9.17, 15) is 4.79 Å². The van der Waals surface area contributed by atoms with Crippen LogP contribution in [0, 0.1) is 0 Å². The van der Waals surface area contributed by atoms with E-state index < -0.39 is 0 Å². The number of aryl methyl sites for hydroxylation is 1. The van der Waals surface area contributed by atoms with E-state index in [1.807, 2.05) is 0 Å². The summed E-state index contributed by atoms with van der Waals surface area (Å²) >= 11 is 0. The Hall–Kier alpha value is -2.64. The number of aromatic amines is 1. The topological polar surface area (TPSA) is 90.0 Å². The monoisotopic (exact) mass is 437 g/mol. The van der Waals surface area contributed by atoms with Gasteiger partial charge in [0.05, 0.1) is 5.69 Å². The van der Waals surface area contributed by atoms with Gasteiger partial charge in [0.1, 0.15) is 11.9 Å². The first kappa shape index (κ1) is 21.2. The van der Waals surface area contributed by atoms with E-state index in [1.54, 1.807) is 0 Å². The fourth-order valence-corrected chi connectivity index (χ4v) is 5.13. The maximum absolute atomic E-state index is 13.3. The van der Waals surface area contributed by atoms with Gasteiger partial charge in [-0.2, -0.15) is 10.1 Å². The molecule has 2 fully saturated rings. The van der Waals surface area contributed by atoms with Gasteiger partial charge in [0.15, 0.2) is 5.82 Å². The van der Waals surface area contributed by atoms with Gasteiger partial charge in [-0.05, 0) is 51.4 Å². The summed E-state index contributed by atoms with van der Waals surface area (Å²) in [4.78, 5) is 27.4. The van der Waals surface area contributed by atoms with Crippen LogP contribution >= 0.6 is 0 Å². The van der Waals surface area contributed by atoms with Crippen molar-refractivity contribution in [2.45, 2.75) is 83.6 Å². The summed E-state index contributed by atoms with van der Waals surface area (Å²) in [5.74, 6) is 2.55. The minimum absolute atomic E-state index is 0.00327. The number of hydrogen-bond acceptors (Lipinski definition) is 6. The number of likely N-dealkylation sites (tertiary alicyclic amines) is 1. The number of nitrogens with one attached hydrogen (secondary N) is 2. The van der Waals surface area contributed by atoms with Crippen LogP contribution in [0.4, 0.5) is 17.6 Å². The summed E-state index contributed by atoms with van der Waals surface area (Å²) in [6.45, 7) is 9.10. The normalized spacial score (nSPS) is 21.2. The number of piperidine rings is 1. The number of fused-ring (bicyclic) bond motifs is 1. The van der Waals surface area contributed by atoms with E-state index in [2.05, 4.69) is 52.2 Å². The number of H-pyrrole nitrogens is 1. The largest absolute Gasteiger partial charge is 0.341 e. The van der Waals surface area contributed by atoms with Crippen LogP contribution in [0.1, 0.15) is 76.2 Å². The molecular formula is C24H35N7O. The van der Waals surface area contributed by atoms with Crippen LogP contribution < -0.4 is 10.2 Å². The number of aromatic nitrogens is 4. The van der Waals surface area contributed by atoms with Crippen LogP contribution in [0.5, 0.6) is 0 Å². The molecular weight excluding hydrogens is 402 g/mol. The summed E-state index contributed by atoms with van der Waals surface area (Å²) in [7, 11) is 0. The number of carbonyl (C=O) groups is 1. The highest BCUT2D eigenvalue weighted by Crippen LogP contribution is 2.33. The van der Waals surface area contributed by atoms with E-state index >= 15 is 0 Å². The summed E-state index contributed by atoms with van der Waals surface area (Å²) in [5.41, 5.74) is 3.38. The number of anilines is 3. The fourth-order valence-electron chi connectivity index (χ4n) is 5.13. The Balaban J connectivity index is 1.42. The Bertz CT molecular complexity index is 987. The molecule has 1 aliphatic carbocycles. The zero-order valence-corrected chi connectivity index (χ0v) is 19.6. The molecule has 1 amide bonds. The van der Waals surface area contributed by atoms with E-state index in [0.29, 0.717) is 5.95 Å². The van der Waals surface area contributed by atoms with Crippen molar-refractivity contribution in [2.24, 2.45) is 0 Å². The van der Waals surface area contributed by atoms with Crippen molar-refractivity contribution in [3.63, 3.8) is 0 Å². The average molecular weight is 438 g/mol. The third kappa shape index (κ3) is 4.07. The summed E-state index contributed by atoms with van der Waals surface area (Å²) in [6, 6.07) is 1.92. The maximum atomic E-state index is 13.3. The zero-order valence-electron chi connectivity index (χ0n) is 19.6. The molecule has 172 valence electrons. The predicted octanol–water partition coefficient (Wildman–Crippen LogP) is 3.71. The van der Waals surface area contributed by atoms with Crippen molar-refractivity contribution in [1.29, 1.82) is 0 Å². The molecule has 5 rings (SSSR count). The molecule has 8 nitrogen and oxygen atoms in total. The molecule has 0 unspecified atom stereocenters. The Morgan fingerprint density at radius 3 is 2.62 bits per heavy atom. The lowest BCUT2D eigenvalue weighted by atomic mass is 9.92. The van der Waals surface area contributed by atoms with Gasteiger partial charge >= 0.3 is 0 Å². The molecule has 0 spiro atoms. The smallest absolute Gasteiger partial charge is 0.245 e. The SMILES string of the molecule is CC(C)(C)c1cc(Nc2nc(N3CCC[C@H]3C(=O)N3CCCCC3)nc3c2CCC3)n[nH]1. The van der Waals surface area contributed by atoms with Crippen LogP contribution in [-0.2, 0) is 23.1 Å². The predicted molar refractivity (Wildman–Crippen MR) is 125 cm³/mol. The zero-order chi connectivity index (χ0) is 22.3. The molecule has 3 aliphatic rings. The van der Waals surface area contributed by atoms with Crippen molar-refractivity contribution in [2.75, 3.05) is 29.9 Å². The number of carbonyl (C=O) groups excluding carboxylic acids is 1. The lowest BCUT2D eigenvalue weighted by molar-refractivity contribution is -0.133. The number of rotatable bonds is 4. The molecule has 0 saturated carbocycles. The van der Waals surface area contributed by atoms with Gasteiger partial charge in [0, 0.05) is 42.4 Å². The molecule has 2 aliphatic heterocycles. The van der Waals surface area contributed by atoms with Crippen LogP contribution in [0.2, 0.25) is 0 Å². The molecule has 0 bridgehead atoms. The van der Waals surface area contributed by atoms with Gasteiger partial charge in [-0.3, -0.25) is 9.89 Å². The molecule has 4 heterocycles. The quantitative estimate of drug-likeness (QED) is 0.758. The van der Waals surface area contributed by atoms with Gasteiger partial charge in [0.2, 0.25) is 11.9 Å². The van der Waals surface area contributed by atoms with E-state index in [-0.39, 0.29) is 17.4 Å². The molecule has 0 radical (unpaired) electrons. The first-order valence-electron chi connectivity index (χ1n) is 12.2. The van der Waals surface area contributed by atoms with Crippen LogP contribution in [-0.4, -0.2) is 56.6 Å². The number of amides is 1. The van der Waals surface area contributed by atoms with Crippen molar-refractivity contribution in [1.82, 2.24) is 25.1 Å². The highest BCUT2D eigenvalue weighted by atomic mass is 16.2. The van der Waals surface area contributed by atoms with Gasteiger partial charge in [-0.15, -0.1) is 0 Å². The molecule has 2 N–H and O–H groups in total. The van der Waals surface area contributed by atoms with E-state index in [1.165, 1.54) is 12.0 Å². The highest BCUT2D eigenvalue weighted by Gasteiger charge is 2.36. The van der Waals surface area contributed by atoms with Crippen molar-refractivity contribution < 1.29 is 4.79 Å². The Morgan fingerprint density at radius 2 is 1.88 bits per heavy atom. The van der Waals surface area contributed by atoms with E-state index in [0.717, 1.165) is 87.6 Å². The second kappa shape index (κ2) is 8.37. The summed E-state index contributed by atoms with van der Waals surface area (Å²) in [6.07, 6.45) is 8.37. The molecule has 1 atom stereocenters. The Labute approximate surface area is 190 Å². The van der Waals surface area contributed by atoms with Gasteiger partial charge in [-0.25, -0.2) is 4.98 Å². The molecule has 0 aromatic carbocycles. The van der Waals surface area contributed by atoms with Gasteiger partial charge in [-0.1, -0.05) is 20.8 Å².